The van der Waals surface area contributed by atoms with Gasteiger partial charge in [0.25, 0.3) is 0 Å². The molecule has 5 heteroatoms. The Hall–Kier alpha value is -2.04. The first kappa shape index (κ1) is 14.9. The minimum atomic E-state index is -0.287. The number of carbonyl (C=O) groups is 2. The minimum absolute atomic E-state index is 0.0590. The fourth-order valence-electron chi connectivity index (χ4n) is 3.15. The van der Waals surface area contributed by atoms with E-state index in [9.17, 15) is 9.59 Å². The van der Waals surface area contributed by atoms with Crippen LogP contribution in [0.1, 0.15) is 30.4 Å². The van der Waals surface area contributed by atoms with E-state index in [0.29, 0.717) is 25.6 Å². The molecule has 1 aliphatic carbocycles. The molecule has 1 aromatic rings. The van der Waals surface area contributed by atoms with Crippen molar-refractivity contribution in [2.45, 2.75) is 32.2 Å². The van der Waals surface area contributed by atoms with E-state index in [1.165, 1.54) is 11.1 Å². The largest absolute Gasteiger partial charge is 0.448 e. The lowest BCUT2D eigenvalue weighted by Gasteiger charge is -2.19. The molecule has 2 fully saturated rings. The van der Waals surface area contributed by atoms with Gasteiger partial charge in [-0.25, -0.2) is 4.79 Å². The molecule has 3 atom stereocenters. The Balaban J connectivity index is 1.51. The van der Waals surface area contributed by atoms with Crippen molar-refractivity contribution in [1.29, 1.82) is 0 Å². The zero-order valence-electron chi connectivity index (χ0n) is 13.0. The van der Waals surface area contributed by atoms with Crippen LogP contribution in [-0.4, -0.2) is 42.6 Å². The number of ether oxygens (including phenoxy) is 1. The predicted molar refractivity (Wildman–Crippen MR) is 82.6 cm³/mol. The average Bonchev–Trinajstić information content (AvgIpc) is 3.18. The Bertz CT molecular complexity index is 587. The SMILES string of the molecule is Cc1ccccc1C1CC1C(=O)NC(C)CN1CCOC1=O. The lowest BCUT2D eigenvalue weighted by molar-refractivity contribution is -0.123. The number of nitrogens with one attached hydrogen (secondary N) is 1. The normalized spacial score (nSPS) is 24.8. The van der Waals surface area contributed by atoms with Gasteiger partial charge in [-0.3, -0.25) is 4.79 Å². The van der Waals surface area contributed by atoms with Crippen LogP contribution < -0.4 is 5.32 Å². The van der Waals surface area contributed by atoms with Crippen LogP contribution in [0.15, 0.2) is 24.3 Å². The summed E-state index contributed by atoms with van der Waals surface area (Å²) >= 11 is 0. The van der Waals surface area contributed by atoms with Gasteiger partial charge in [0, 0.05) is 18.5 Å². The number of benzene rings is 1. The summed E-state index contributed by atoms with van der Waals surface area (Å²) in [5.74, 6) is 0.493. The highest BCUT2D eigenvalue weighted by Crippen LogP contribution is 2.48. The van der Waals surface area contributed by atoms with Crippen LogP contribution in [0.5, 0.6) is 0 Å². The Labute approximate surface area is 130 Å². The third-order valence-corrected chi connectivity index (χ3v) is 4.44. The van der Waals surface area contributed by atoms with Gasteiger partial charge in [0.15, 0.2) is 0 Å². The summed E-state index contributed by atoms with van der Waals surface area (Å²) in [7, 11) is 0. The highest BCUT2D eigenvalue weighted by molar-refractivity contribution is 5.83. The van der Waals surface area contributed by atoms with Crippen LogP contribution in [0.4, 0.5) is 4.79 Å². The van der Waals surface area contributed by atoms with Crippen LogP contribution in [0.25, 0.3) is 0 Å². The highest BCUT2D eigenvalue weighted by atomic mass is 16.6. The van der Waals surface area contributed by atoms with Gasteiger partial charge in [-0.05, 0) is 37.3 Å². The molecule has 2 amide bonds. The average molecular weight is 302 g/mol. The zero-order chi connectivity index (χ0) is 15.7. The molecule has 3 unspecified atom stereocenters. The molecule has 1 saturated heterocycles. The number of amides is 2. The van der Waals surface area contributed by atoms with Crippen LogP contribution in [0, 0.1) is 12.8 Å². The number of nitrogens with zero attached hydrogens (tertiary/aromatic N) is 1. The van der Waals surface area contributed by atoms with Gasteiger partial charge in [-0.2, -0.15) is 0 Å². The summed E-state index contributed by atoms with van der Waals surface area (Å²) in [6.07, 6.45) is 0.625. The molecular weight excluding hydrogens is 280 g/mol. The molecule has 1 N–H and O–H groups in total. The Kier molecular flexibility index (Phi) is 4.05. The maximum Gasteiger partial charge on any atom is 0.410 e. The first-order valence-corrected chi connectivity index (χ1v) is 7.84. The maximum absolute atomic E-state index is 12.3. The number of rotatable bonds is 5. The second-order valence-electron chi connectivity index (χ2n) is 6.28. The van der Waals surface area contributed by atoms with Crippen LogP contribution in [0.3, 0.4) is 0 Å². The summed E-state index contributed by atoms with van der Waals surface area (Å²) < 4.78 is 4.89. The number of carbonyl (C=O) groups excluding carboxylic acids is 2. The summed E-state index contributed by atoms with van der Waals surface area (Å²) in [5, 5.41) is 3.02. The molecule has 0 bridgehead atoms. The fourth-order valence-corrected chi connectivity index (χ4v) is 3.15. The van der Waals surface area contributed by atoms with Crippen LogP contribution in [-0.2, 0) is 9.53 Å². The molecule has 118 valence electrons. The molecule has 5 nitrogen and oxygen atoms in total. The lowest BCUT2D eigenvalue weighted by atomic mass is 10.0. The number of hydrogen-bond acceptors (Lipinski definition) is 3. The molecule has 1 aliphatic heterocycles. The zero-order valence-corrected chi connectivity index (χ0v) is 13.0. The molecule has 1 saturated carbocycles. The quantitative estimate of drug-likeness (QED) is 0.905. The third kappa shape index (κ3) is 3.08. The van der Waals surface area contributed by atoms with Crippen molar-refractivity contribution in [1.82, 2.24) is 10.2 Å². The van der Waals surface area contributed by atoms with E-state index >= 15 is 0 Å². The van der Waals surface area contributed by atoms with Gasteiger partial charge in [0.05, 0.1) is 6.54 Å². The smallest absolute Gasteiger partial charge is 0.410 e. The fraction of sp³-hybridized carbons (Fsp3) is 0.529. The van der Waals surface area contributed by atoms with Gasteiger partial charge in [-0.15, -0.1) is 0 Å². The molecule has 2 aliphatic rings. The van der Waals surface area contributed by atoms with Crippen LogP contribution in [0.2, 0.25) is 0 Å². The number of aryl methyl sites for hydroxylation is 1. The Morgan fingerprint density at radius 2 is 2.23 bits per heavy atom. The molecule has 1 heterocycles. The summed E-state index contributed by atoms with van der Waals surface area (Å²) in [6.45, 7) is 5.57. The van der Waals surface area contributed by atoms with E-state index in [1.807, 2.05) is 19.1 Å². The standard InChI is InChI=1S/C17H22N2O3/c1-11-5-3-4-6-13(11)14-9-15(14)16(20)18-12(2)10-19-7-8-22-17(19)21/h3-6,12,14-15H,7-10H2,1-2H3,(H,18,20). The Morgan fingerprint density at radius 1 is 1.45 bits per heavy atom. The van der Waals surface area contributed by atoms with Crippen molar-refractivity contribution in [3.05, 3.63) is 35.4 Å². The predicted octanol–water partition coefficient (Wildman–Crippen LogP) is 2.06. The maximum atomic E-state index is 12.3. The monoisotopic (exact) mass is 302 g/mol. The lowest BCUT2D eigenvalue weighted by Crippen LogP contribution is -2.43. The van der Waals surface area contributed by atoms with Crippen molar-refractivity contribution in [3.63, 3.8) is 0 Å². The van der Waals surface area contributed by atoms with Gasteiger partial charge in [0.1, 0.15) is 6.61 Å². The van der Waals surface area contributed by atoms with Crippen molar-refractivity contribution >= 4 is 12.0 Å². The van der Waals surface area contributed by atoms with Crippen molar-refractivity contribution < 1.29 is 14.3 Å². The first-order valence-electron chi connectivity index (χ1n) is 7.84. The van der Waals surface area contributed by atoms with Gasteiger partial charge < -0.3 is 15.0 Å². The summed E-state index contributed by atoms with van der Waals surface area (Å²) in [6, 6.07) is 8.18. The second-order valence-corrected chi connectivity index (χ2v) is 6.28. The molecular formula is C17H22N2O3. The molecule has 3 rings (SSSR count). The van der Waals surface area contributed by atoms with E-state index in [-0.39, 0.29) is 24.0 Å². The van der Waals surface area contributed by atoms with E-state index < -0.39 is 0 Å². The molecule has 0 spiro atoms. The molecule has 0 radical (unpaired) electrons. The van der Waals surface area contributed by atoms with Crippen molar-refractivity contribution in [3.8, 4) is 0 Å². The minimum Gasteiger partial charge on any atom is -0.448 e. The topological polar surface area (TPSA) is 58.6 Å². The van der Waals surface area contributed by atoms with Gasteiger partial charge in [-0.1, -0.05) is 24.3 Å². The van der Waals surface area contributed by atoms with Gasteiger partial charge >= 0.3 is 6.09 Å². The van der Waals surface area contributed by atoms with Crippen LogP contribution >= 0.6 is 0 Å². The third-order valence-electron chi connectivity index (χ3n) is 4.44. The summed E-state index contributed by atoms with van der Waals surface area (Å²) in [5.41, 5.74) is 2.52. The molecule has 22 heavy (non-hydrogen) atoms. The van der Waals surface area contributed by atoms with Crippen molar-refractivity contribution in [2.24, 2.45) is 5.92 Å². The van der Waals surface area contributed by atoms with E-state index in [1.54, 1.807) is 4.90 Å². The van der Waals surface area contributed by atoms with Crippen molar-refractivity contribution in [2.75, 3.05) is 19.7 Å². The number of hydrogen-bond donors (Lipinski definition) is 1. The molecule has 0 aromatic heterocycles. The molecule has 1 aromatic carbocycles. The van der Waals surface area contributed by atoms with E-state index in [4.69, 9.17) is 4.74 Å². The summed E-state index contributed by atoms with van der Waals surface area (Å²) in [4.78, 5) is 25.4. The highest BCUT2D eigenvalue weighted by Gasteiger charge is 2.44. The second kappa shape index (κ2) is 5.99. The number of cyclic esters (lactones) is 1. The Morgan fingerprint density at radius 3 is 2.91 bits per heavy atom. The van der Waals surface area contributed by atoms with E-state index in [0.717, 1.165) is 6.42 Å². The first-order chi connectivity index (χ1) is 10.6. The van der Waals surface area contributed by atoms with E-state index in [2.05, 4.69) is 24.4 Å². The van der Waals surface area contributed by atoms with Gasteiger partial charge in [0.2, 0.25) is 5.91 Å².